The SMILES string of the molecule is CC[Si](CC)(CC)OCOC(C(=O)OC1CC2CCC(C1)[N+]21CCCC1)(c1ccccc1)c1ccccc1. The van der Waals surface area contributed by atoms with Crippen LogP contribution in [0.25, 0.3) is 0 Å². The summed E-state index contributed by atoms with van der Waals surface area (Å²) in [5.74, 6) is -0.311. The van der Waals surface area contributed by atoms with E-state index in [2.05, 4.69) is 20.8 Å². The van der Waals surface area contributed by atoms with Gasteiger partial charge in [0, 0.05) is 38.5 Å². The van der Waals surface area contributed by atoms with Crippen molar-refractivity contribution in [2.24, 2.45) is 0 Å². The smallest absolute Gasteiger partial charge is 0.348 e. The molecule has 3 fully saturated rings. The molecule has 3 heterocycles. The van der Waals surface area contributed by atoms with Crippen molar-refractivity contribution in [3.8, 4) is 0 Å². The summed E-state index contributed by atoms with van der Waals surface area (Å²) in [5.41, 5.74) is 0.214. The Balaban J connectivity index is 1.44. The van der Waals surface area contributed by atoms with Crippen molar-refractivity contribution < 1.29 is 23.2 Å². The highest BCUT2D eigenvalue weighted by molar-refractivity contribution is 6.73. The van der Waals surface area contributed by atoms with Crippen molar-refractivity contribution in [1.82, 2.24) is 0 Å². The summed E-state index contributed by atoms with van der Waals surface area (Å²) in [4.78, 5) is 14.4. The van der Waals surface area contributed by atoms with Gasteiger partial charge in [-0.05, 0) is 29.3 Å². The number of esters is 1. The van der Waals surface area contributed by atoms with Crippen molar-refractivity contribution in [1.29, 1.82) is 0 Å². The molecule has 2 aromatic rings. The average Bonchev–Trinajstić information content (AvgIpc) is 3.51. The molecule has 1 spiro atoms. The zero-order chi connectivity index (χ0) is 26.6. The first-order valence-electron chi connectivity index (χ1n) is 15.0. The third-order valence-electron chi connectivity index (χ3n) is 10.3. The summed E-state index contributed by atoms with van der Waals surface area (Å²) in [6.45, 7) is 9.33. The van der Waals surface area contributed by atoms with Crippen molar-refractivity contribution in [2.45, 2.75) is 101 Å². The Hall–Kier alpha value is -1.99. The van der Waals surface area contributed by atoms with Gasteiger partial charge in [-0.2, -0.15) is 0 Å². The van der Waals surface area contributed by atoms with E-state index in [1.54, 1.807) is 0 Å². The number of quaternary nitrogens is 1. The van der Waals surface area contributed by atoms with Crippen molar-refractivity contribution >= 4 is 14.3 Å². The molecule has 3 saturated heterocycles. The van der Waals surface area contributed by atoms with Gasteiger partial charge in [0.2, 0.25) is 5.60 Å². The number of rotatable bonds is 11. The molecule has 206 valence electrons. The highest BCUT2D eigenvalue weighted by Crippen LogP contribution is 2.47. The largest absolute Gasteiger partial charge is 0.459 e. The fraction of sp³-hybridized carbons (Fsp3) is 0.594. The maximum atomic E-state index is 14.4. The third kappa shape index (κ3) is 4.89. The van der Waals surface area contributed by atoms with Crippen LogP contribution >= 0.6 is 0 Å². The van der Waals surface area contributed by atoms with Crippen molar-refractivity contribution in [3.63, 3.8) is 0 Å². The summed E-state index contributed by atoms with van der Waals surface area (Å²) in [5, 5.41) is 0. The average molecular weight is 537 g/mol. The molecule has 5 rings (SSSR count). The second-order valence-corrected chi connectivity index (χ2v) is 16.5. The van der Waals surface area contributed by atoms with Crippen LogP contribution in [0, 0.1) is 0 Å². The number of ether oxygens (including phenoxy) is 2. The second-order valence-electron chi connectivity index (χ2n) is 11.7. The minimum absolute atomic E-state index is 0.0592. The molecule has 5 nitrogen and oxygen atoms in total. The zero-order valence-corrected chi connectivity index (χ0v) is 24.6. The van der Waals surface area contributed by atoms with Gasteiger partial charge in [0.25, 0.3) is 0 Å². The minimum Gasteiger partial charge on any atom is -0.459 e. The molecule has 2 aromatic carbocycles. The summed E-state index contributed by atoms with van der Waals surface area (Å²) in [7, 11) is -1.90. The molecule has 2 bridgehead atoms. The molecule has 0 amide bonds. The molecule has 0 N–H and O–H groups in total. The van der Waals surface area contributed by atoms with E-state index < -0.39 is 13.9 Å². The molecule has 0 radical (unpaired) electrons. The molecule has 0 saturated carbocycles. The van der Waals surface area contributed by atoms with E-state index in [-0.39, 0.29) is 18.9 Å². The Morgan fingerprint density at radius 1 is 0.842 bits per heavy atom. The molecular formula is C32H46NO4Si+. The summed E-state index contributed by atoms with van der Waals surface area (Å²) in [6.07, 6.45) is 7.10. The van der Waals surface area contributed by atoms with Crippen molar-refractivity contribution in [2.75, 3.05) is 19.9 Å². The number of hydrogen-bond acceptors (Lipinski definition) is 4. The predicted octanol–water partition coefficient (Wildman–Crippen LogP) is 6.77. The van der Waals surface area contributed by atoms with Crippen molar-refractivity contribution in [3.05, 3.63) is 71.8 Å². The molecular weight excluding hydrogens is 490 g/mol. The Labute approximate surface area is 230 Å². The van der Waals surface area contributed by atoms with Crippen LogP contribution in [-0.2, 0) is 24.3 Å². The zero-order valence-electron chi connectivity index (χ0n) is 23.6. The Morgan fingerprint density at radius 2 is 1.34 bits per heavy atom. The van der Waals surface area contributed by atoms with Gasteiger partial charge in [0.05, 0.1) is 25.2 Å². The second kappa shape index (κ2) is 11.6. The summed E-state index contributed by atoms with van der Waals surface area (Å²) in [6, 6.07) is 24.1. The van der Waals surface area contributed by atoms with Gasteiger partial charge in [-0.25, -0.2) is 4.79 Å². The predicted molar refractivity (Wildman–Crippen MR) is 153 cm³/mol. The number of piperidine rings is 1. The Kier molecular flexibility index (Phi) is 8.44. The van der Waals surface area contributed by atoms with E-state index in [0.29, 0.717) is 12.1 Å². The first kappa shape index (κ1) is 27.6. The van der Waals surface area contributed by atoms with Crippen LogP contribution in [0.4, 0.5) is 0 Å². The van der Waals surface area contributed by atoms with E-state index in [1.165, 1.54) is 43.3 Å². The maximum Gasteiger partial charge on any atom is 0.348 e. The van der Waals surface area contributed by atoms with Crippen LogP contribution in [0.5, 0.6) is 0 Å². The van der Waals surface area contributed by atoms with Crippen LogP contribution < -0.4 is 0 Å². The van der Waals surface area contributed by atoms with E-state index >= 15 is 0 Å². The molecule has 0 aromatic heterocycles. The number of hydrogen-bond donors (Lipinski definition) is 0. The Morgan fingerprint density at radius 3 is 1.82 bits per heavy atom. The van der Waals surface area contributed by atoms with Gasteiger partial charge in [0.15, 0.2) is 8.32 Å². The highest BCUT2D eigenvalue weighted by atomic mass is 28.4. The fourth-order valence-electron chi connectivity index (χ4n) is 7.81. The molecule has 3 aliphatic rings. The molecule has 0 aliphatic carbocycles. The van der Waals surface area contributed by atoms with E-state index in [1.807, 2.05) is 60.7 Å². The topological polar surface area (TPSA) is 44.8 Å². The van der Waals surface area contributed by atoms with Gasteiger partial charge in [-0.3, -0.25) is 0 Å². The number of carbonyl (C=O) groups excluding carboxylic acids is 1. The number of carbonyl (C=O) groups is 1. The fourth-order valence-corrected chi connectivity index (χ4v) is 10.2. The van der Waals surface area contributed by atoms with Gasteiger partial charge >= 0.3 is 5.97 Å². The summed E-state index contributed by atoms with van der Waals surface area (Å²) < 4.78 is 21.0. The standard InChI is InChI=1S/C32H46NO4Si/c1-4-38(5-2,6-3)36-25-35-32(26-15-9-7-10-16-26,27-17-11-8-12-18-27)31(34)37-30-23-28-19-20-29(24-30)33(28)21-13-14-22-33/h7-12,15-18,28-30H,4-6,13-14,19-25H2,1-3H3/q+1. The van der Waals surface area contributed by atoms with E-state index in [4.69, 9.17) is 13.9 Å². The van der Waals surface area contributed by atoms with E-state index in [0.717, 1.165) is 42.1 Å². The molecule has 2 atom stereocenters. The third-order valence-corrected chi connectivity index (χ3v) is 14.8. The van der Waals surface area contributed by atoms with Gasteiger partial charge < -0.3 is 18.4 Å². The molecule has 3 aliphatic heterocycles. The first-order valence-corrected chi connectivity index (χ1v) is 17.5. The molecule has 2 unspecified atom stereocenters. The van der Waals surface area contributed by atoms with Gasteiger partial charge in [-0.1, -0.05) is 81.4 Å². The quantitative estimate of drug-likeness (QED) is 0.138. The summed E-state index contributed by atoms with van der Waals surface area (Å²) >= 11 is 0. The minimum atomic E-state index is -1.90. The lowest BCUT2D eigenvalue weighted by Crippen LogP contribution is -2.60. The lowest BCUT2D eigenvalue weighted by molar-refractivity contribution is -0.956. The lowest BCUT2D eigenvalue weighted by Gasteiger charge is -2.47. The number of benzene rings is 2. The first-order chi connectivity index (χ1) is 18.5. The lowest BCUT2D eigenvalue weighted by atomic mass is 9.85. The van der Waals surface area contributed by atoms with Crippen LogP contribution in [0.2, 0.25) is 18.1 Å². The highest BCUT2D eigenvalue weighted by Gasteiger charge is 2.57. The maximum absolute atomic E-state index is 14.4. The van der Waals surface area contributed by atoms with Crippen LogP contribution in [0.3, 0.4) is 0 Å². The normalized spacial score (nSPS) is 24.6. The van der Waals surface area contributed by atoms with Crippen LogP contribution in [0.1, 0.15) is 70.4 Å². The van der Waals surface area contributed by atoms with Gasteiger partial charge in [0.1, 0.15) is 12.9 Å². The van der Waals surface area contributed by atoms with Crippen LogP contribution in [-0.4, -0.2) is 56.8 Å². The Bertz CT molecular complexity index is 988. The van der Waals surface area contributed by atoms with Crippen LogP contribution in [0.15, 0.2) is 60.7 Å². The molecule has 6 heteroatoms. The monoisotopic (exact) mass is 536 g/mol. The van der Waals surface area contributed by atoms with E-state index in [9.17, 15) is 4.79 Å². The van der Waals surface area contributed by atoms with Gasteiger partial charge in [-0.15, -0.1) is 0 Å². The number of nitrogens with zero attached hydrogens (tertiary/aromatic N) is 1. The molecule has 38 heavy (non-hydrogen) atoms.